The lowest BCUT2D eigenvalue weighted by Gasteiger charge is -2.33. The Labute approximate surface area is 155 Å². The Bertz CT molecular complexity index is 670. The second-order valence-corrected chi connectivity index (χ2v) is 7.73. The molecule has 2 rings (SSSR count). The van der Waals surface area contributed by atoms with E-state index in [-0.39, 0.29) is 24.0 Å². The summed E-state index contributed by atoms with van der Waals surface area (Å²) in [6.45, 7) is 6.73. The first kappa shape index (κ1) is 20.6. The molecule has 0 atom stereocenters. The Morgan fingerprint density at radius 1 is 1.15 bits per heavy atom. The molecular weight excluding hydrogens is 358 g/mol. The number of sulfonamides is 1. The van der Waals surface area contributed by atoms with Gasteiger partial charge >= 0.3 is 0 Å². The van der Waals surface area contributed by atoms with Gasteiger partial charge in [0.1, 0.15) is 5.75 Å². The topological polar surface area (TPSA) is 88.2 Å². The third-order valence-corrected chi connectivity index (χ3v) is 5.74. The summed E-state index contributed by atoms with van der Waals surface area (Å²) in [7, 11) is -2.07. The lowest BCUT2D eigenvalue weighted by Crippen LogP contribution is -2.49. The van der Waals surface area contributed by atoms with Crippen LogP contribution < -0.4 is 9.46 Å². The normalized spacial score (nSPS) is 15.8. The number of methoxy groups -OCH3 is 1. The Morgan fingerprint density at radius 2 is 1.81 bits per heavy atom. The summed E-state index contributed by atoms with van der Waals surface area (Å²) in [6.07, 6.45) is 0. The summed E-state index contributed by atoms with van der Waals surface area (Å²) in [4.78, 5) is 16.4. The maximum absolute atomic E-state index is 12.2. The molecule has 1 fully saturated rings. The second-order valence-electron chi connectivity index (χ2n) is 5.97. The van der Waals surface area contributed by atoms with Gasteiger partial charge in [0.05, 0.1) is 11.5 Å². The van der Waals surface area contributed by atoms with Crippen LogP contribution in [0, 0.1) is 0 Å². The molecule has 1 aliphatic rings. The van der Waals surface area contributed by atoms with E-state index in [1.807, 2.05) is 0 Å². The van der Waals surface area contributed by atoms with Gasteiger partial charge in [0.2, 0.25) is 10.0 Å². The molecule has 146 valence electrons. The highest BCUT2D eigenvalue weighted by Gasteiger charge is 2.20. The Hall–Kier alpha value is -1.68. The Balaban J connectivity index is 1.82. The number of hydrogen-bond donors (Lipinski definition) is 1. The lowest BCUT2D eigenvalue weighted by atomic mass is 10.3. The van der Waals surface area contributed by atoms with Crippen LogP contribution in [0.5, 0.6) is 5.75 Å². The quantitative estimate of drug-likeness (QED) is 0.609. The van der Waals surface area contributed by atoms with Crippen LogP contribution in [0.2, 0.25) is 0 Å². The number of rotatable bonds is 9. The highest BCUT2D eigenvalue weighted by Crippen LogP contribution is 2.16. The predicted molar refractivity (Wildman–Crippen MR) is 97.7 cm³/mol. The van der Waals surface area contributed by atoms with E-state index in [0.717, 1.165) is 19.6 Å². The number of nitrogens with one attached hydrogen (secondary N) is 1. The van der Waals surface area contributed by atoms with E-state index >= 15 is 0 Å². The molecule has 0 spiro atoms. The molecular formula is C17H27N3O5S. The first-order chi connectivity index (χ1) is 12.5. The van der Waals surface area contributed by atoms with Crippen molar-refractivity contribution in [2.75, 3.05) is 59.6 Å². The molecule has 1 aliphatic heterocycles. The van der Waals surface area contributed by atoms with Gasteiger partial charge in [-0.05, 0) is 30.8 Å². The van der Waals surface area contributed by atoms with E-state index in [0.29, 0.717) is 25.4 Å². The van der Waals surface area contributed by atoms with E-state index in [1.54, 1.807) is 17.0 Å². The summed E-state index contributed by atoms with van der Waals surface area (Å²) in [5, 5.41) is 0. The molecule has 9 heteroatoms. The average Bonchev–Trinajstić information content (AvgIpc) is 2.66. The molecule has 1 heterocycles. The van der Waals surface area contributed by atoms with Gasteiger partial charge in [0, 0.05) is 39.8 Å². The van der Waals surface area contributed by atoms with Crippen LogP contribution in [0.25, 0.3) is 0 Å². The van der Waals surface area contributed by atoms with Gasteiger partial charge in [-0.1, -0.05) is 6.92 Å². The van der Waals surface area contributed by atoms with Crippen LogP contribution in [0.1, 0.15) is 6.92 Å². The predicted octanol–water partition coefficient (Wildman–Crippen LogP) is 0.154. The molecule has 1 saturated heterocycles. The fourth-order valence-corrected chi connectivity index (χ4v) is 3.64. The fourth-order valence-electron chi connectivity index (χ4n) is 2.63. The number of carbonyl (C=O) groups excluding carboxylic acids is 1. The molecule has 0 aliphatic carbocycles. The summed E-state index contributed by atoms with van der Waals surface area (Å²) in [5.41, 5.74) is 0. The number of benzene rings is 1. The van der Waals surface area contributed by atoms with Gasteiger partial charge in [-0.2, -0.15) is 0 Å². The van der Waals surface area contributed by atoms with Crippen LogP contribution in [0.15, 0.2) is 29.2 Å². The maximum atomic E-state index is 12.2. The number of ether oxygens (including phenoxy) is 2. The van der Waals surface area contributed by atoms with Crippen LogP contribution in [-0.4, -0.2) is 83.7 Å². The molecule has 0 aromatic heterocycles. The highest BCUT2D eigenvalue weighted by atomic mass is 32.2. The monoisotopic (exact) mass is 385 g/mol. The van der Waals surface area contributed by atoms with Gasteiger partial charge in [-0.25, -0.2) is 13.1 Å². The first-order valence-corrected chi connectivity index (χ1v) is 10.2. The molecule has 8 nitrogen and oxygen atoms in total. The lowest BCUT2D eigenvalue weighted by molar-refractivity contribution is -0.135. The summed E-state index contributed by atoms with van der Waals surface area (Å²) < 4.78 is 36.9. The van der Waals surface area contributed by atoms with Crippen molar-refractivity contribution in [2.45, 2.75) is 11.8 Å². The molecule has 26 heavy (non-hydrogen) atoms. The number of piperazine rings is 1. The Morgan fingerprint density at radius 3 is 2.38 bits per heavy atom. The molecule has 1 amide bonds. The first-order valence-electron chi connectivity index (χ1n) is 8.68. The third kappa shape index (κ3) is 5.94. The largest absolute Gasteiger partial charge is 0.484 e. The maximum Gasteiger partial charge on any atom is 0.260 e. The van der Waals surface area contributed by atoms with Crippen LogP contribution in [0.3, 0.4) is 0 Å². The van der Waals surface area contributed by atoms with Gasteiger partial charge in [-0.3, -0.25) is 4.79 Å². The van der Waals surface area contributed by atoms with Crippen molar-refractivity contribution >= 4 is 15.9 Å². The van der Waals surface area contributed by atoms with Gasteiger partial charge in [0.25, 0.3) is 5.91 Å². The van der Waals surface area contributed by atoms with Crippen LogP contribution in [-0.2, 0) is 19.6 Å². The minimum atomic E-state index is -3.57. The summed E-state index contributed by atoms with van der Waals surface area (Å²) >= 11 is 0. The molecule has 0 unspecified atom stereocenters. The van der Waals surface area contributed by atoms with Crippen molar-refractivity contribution in [3.63, 3.8) is 0 Å². The zero-order valence-corrected chi connectivity index (χ0v) is 16.1. The third-order valence-electron chi connectivity index (χ3n) is 4.27. The van der Waals surface area contributed by atoms with Crippen molar-refractivity contribution < 1.29 is 22.7 Å². The summed E-state index contributed by atoms with van der Waals surface area (Å²) in [6, 6.07) is 6.00. The standard InChI is InChI=1S/C17H27N3O5S/c1-3-19-9-11-20(12-10-19)17(21)14-25-15-4-6-16(7-5-15)26(22,23)18-8-13-24-2/h4-7,18H,3,8-14H2,1-2H3. The zero-order chi connectivity index (χ0) is 19.0. The van der Waals surface area contributed by atoms with E-state index in [1.165, 1.54) is 19.2 Å². The zero-order valence-electron chi connectivity index (χ0n) is 15.3. The van der Waals surface area contributed by atoms with Crippen molar-refractivity contribution in [2.24, 2.45) is 0 Å². The number of carbonyl (C=O) groups is 1. The van der Waals surface area contributed by atoms with Gasteiger partial charge in [0.15, 0.2) is 6.61 Å². The fraction of sp³-hybridized carbons (Fsp3) is 0.588. The van der Waals surface area contributed by atoms with E-state index < -0.39 is 10.0 Å². The molecule has 1 aromatic carbocycles. The number of nitrogens with zero attached hydrogens (tertiary/aromatic N) is 2. The number of hydrogen-bond acceptors (Lipinski definition) is 6. The number of likely N-dealkylation sites (N-methyl/N-ethyl adjacent to an activating group) is 1. The molecule has 1 aromatic rings. The van der Waals surface area contributed by atoms with E-state index in [9.17, 15) is 13.2 Å². The van der Waals surface area contributed by atoms with Crippen LogP contribution >= 0.6 is 0 Å². The number of amides is 1. The van der Waals surface area contributed by atoms with Crippen LogP contribution in [0.4, 0.5) is 0 Å². The molecule has 0 radical (unpaired) electrons. The second kappa shape index (κ2) is 9.86. The van der Waals surface area contributed by atoms with E-state index in [4.69, 9.17) is 9.47 Å². The molecule has 0 saturated carbocycles. The van der Waals surface area contributed by atoms with Crippen molar-refractivity contribution in [1.82, 2.24) is 14.5 Å². The Kier molecular flexibility index (Phi) is 7.83. The summed E-state index contributed by atoms with van der Waals surface area (Å²) in [5.74, 6) is 0.403. The van der Waals surface area contributed by atoms with Gasteiger partial charge < -0.3 is 19.3 Å². The SMILES string of the molecule is CCN1CCN(C(=O)COc2ccc(S(=O)(=O)NCCOC)cc2)CC1. The minimum absolute atomic E-state index is 0.0513. The average molecular weight is 385 g/mol. The van der Waals surface area contributed by atoms with Crippen molar-refractivity contribution in [3.05, 3.63) is 24.3 Å². The van der Waals surface area contributed by atoms with Gasteiger partial charge in [-0.15, -0.1) is 0 Å². The highest BCUT2D eigenvalue weighted by molar-refractivity contribution is 7.89. The minimum Gasteiger partial charge on any atom is -0.484 e. The van der Waals surface area contributed by atoms with E-state index in [2.05, 4.69) is 16.5 Å². The molecule has 1 N–H and O–H groups in total. The van der Waals surface area contributed by atoms with Crippen molar-refractivity contribution in [3.8, 4) is 5.75 Å². The molecule has 0 bridgehead atoms. The van der Waals surface area contributed by atoms with Crippen molar-refractivity contribution in [1.29, 1.82) is 0 Å². The smallest absolute Gasteiger partial charge is 0.260 e.